The summed E-state index contributed by atoms with van der Waals surface area (Å²) in [5.74, 6) is -0.388. The maximum absolute atomic E-state index is 14.0. The zero-order chi connectivity index (χ0) is 27.4. The average molecular weight is 530 g/mol. The van der Waals surface area contributed by atoms with Gasteiger partial charge in [0.15, 0.2) is 5.75 Å². The third-order valence-corrected chi connectivity index (χ3v) is 8.18. The summed E-state index contributed by atoms with van der Waals surface area (Å²) in [5, 5.41) is 4.22. The number of rotatable bonds is 8. The first-order valence-corrected chi connectivity index (χ1v) is 14.0. The van der Waals surface area contributed by atoms with E-state index in [2.05, 4.69) is 18.9 Å². The molecule has 0 amide bonds. The van der Waals surface area contributed by atoms with Gasteiger partial charge in [0.25, 0.3) is 17.0 Å². The molecule has 1 fully saturated rings. The lowest BCUT2D eigenvalue weighted by Gasteiger charge is -2.22. The summed E-state index contributed by atoms with van der Waals surface area (Å²) in [6, 6.07) is 3.82. The van der Waals surface area contributed by atoms with E-state index in [0.717, 1.165) is 23.1 Å². The molecule has 0 atom stereocenters. The minimum Gasteiger partial charge on any atom is -0.490 e. The van der Waals surface area contributed by atoms with E-state index in [-0.39, 0.29) is 51.1 Å². The summed E-state index contributed by atoms with van der Waals surface area (Å²) in [7, 11) is -1.69. The molecule has 37 heavy (non-hydrogen) atoms. The summed E-state index contributed by atoms with van der Waals surface area (Å²) in [5.41, 5.74) is 1.36. The molecule has 0 aliphatic heterocycles. The maximum atomic E-state index is 14.0. The van der Waals surface area contributed by atoms with Crippen molar-refractivity contribution in [2.24, 2.45) is 7.05 Å². The molecule has 0 unspecified atom stereocenters. The van der Waals surface area contributed by atoms with Gasteiger partial charge in [-0.05, 0) is 47.3 Å². The highest BCUT2D eigenvalue weighted by molar-refractivity contribution is 7.87. The van der Waals surface area contributed by atoms with Crippen LogP contribution in [0.25, 0.3) is 10.8 Å². The molecule has 0 bridgehead atoms. The van der Waals surface area contributed by atoms with Gasteiger partial charge < -0.3 is 13.5 Å². The molecule has 1 aromatic carbocycles. The van der Waals surface area contributed by atoms with Crippen LogP contribution in [0.5, 0.6) is 11.6 Å². The quantitative estimate of drug-likeness (QED) is 0.393. The molecular weight excluding hydrogens is 494 g/mol. The van der Waals surface area contributed by atoms with Gasteiger partial charge in [-0.15, -0.1) is 5.10 Å². The van der Waals surface area contributed by atoms with Crippen molar-refractivity contribution < 1.29 is 17.3 Å². The fraction of sp³-hybridized carbons (Fsp3) is 0.519. The van der Waals surface area contributed by atoms with Crippen LogP contribution in [0.4, 0.5) is 0 Å². The molecule has 9 nitrogen and oxygen atoms in total. The smallest absolute Gasteiger partial charge is 0.341 e. The molecule has 0 N–H and O–H groups in total. The van der Waals surface area contributed by atoms with Gasteiger partial charge in [-0.1, -0.05) is 53.7 Å². The highest BCUT2D eigenvalue weighted by atomic mass is 32.2. The third kappa shape index (κ3) is 4.79. The molecule has 4 rings (SSSR count). The maximum Gasteiger partial charge on any atom is 0.341 e. The first kappa shape index (κ1) is 26.9. The van der Waals surface area contributed by atoms with Crippen molar-refractivity contribution in [3.8, 4) is 11.6 Å². The molecule has 0 saturated heterocycles. The van der Waals surface area contributed by atoms with E-state index in [4.69, 9.17) is 8.92 Å². The molecule has 1 aliphatic rings. The second kappa shape index (κ2) is 9.63. The van der Waals surface area contributed by atoms with Crippen molar-refractivity contribution >= 4 is 20.9 Å². The number of pyridine rings is 1. The summed E-state index contributed by atoms with van der Waals surface area (Å²) in [6.45, 7) is 11.9. The minimum atomic E-state index is -4.38. The van der Waals surface area contributed by atoms with E-state index in [1.54, 1.807) is 0 Å². The molecule has 3 aromatic rings. The fourth-order valence-electron chi connectivity index (χ4n) is 4.58. The second-order valence-electron chi connectivity index (χ2n) is 10.7. The lowest BCUT2D eigenvalue weighted by atomic mass is 9.89. The Morgan fingerprint density at radius 3 is 1.97 bits per heavy atom. The summed E-state index contributed by atoms with van der Waals surface area (Å²) < 4.78 is 41.5. The van der Waals surface area contributed by atoms with Gasteiger partial charge in [-0.25, -0.2) is 4.68 Å². The van der Waals surface area contributed by atoms with Crippen molar-refractivity contribution in [2.75, 3.05) is 7.11 Å². The molecule has 0 spiro atoms. The van der Waals surface area contributed by atoms with Gasteiger partial charge in [0.05, 0.1) is 12.5 Å². The van der Waals surface area contributed by atoms with E-state index in [1.165, 1.54) is 24.9 Å². The lowest BCUT2D eigenvalue weighted by Crippen LogP contribution is -2.28. The van der Waals surface area contributed by atoms with Crippen LogP contribution in [0.3, 0.4) is 0 Å². The summed E-state index contributed by atoms with van der Waals surface area (Å²) >= 11 is 0. The number of hydrogen-bond donors (Lipinski definition) is 0. The van der Waals surface area contributed by atoms with Gasteiger partial charge in [0.2, 0.25) is 0 Å². The number of aryl methyl sites for hydroxylation is 1. The van der Waals surface area contributed by atoms with Gasteiger partial charge in [0.1, 0.15) is 10.3 Å². The molecule has 200 valence electrons. The Hall–Kier alpha value is -3.14. The summed E-state index contributed by atoms with van der Waals surface area (Å²) in [4.78, 5) is 26.1. The molecule has 0 radical (unpaired) electrons. The van der Waals surface area contributed by atoms with Crippen molar-refractivity contribution in [1.29, 1.82) is 0 Å². The van der Waals surface area contributed by atoms with E-state index in [1.807, 2.05) is 39.8 Å². The molecule has 2 heterocycles. The zero-order valence-corrected chi connectivity index (χ0v) is 23.5. The topological polar surface area (TPSA) is 109 Å². The van der Waals surface area contributed by atoms with Crippen LogP contribution in [-0.4, -0.2) is 29.9 Å². The van der Waals surface area contributed by atoms with Crippen LogP contribution in [0.2, 0.25) is 0 Å². The highest BCUT2D eigenvalue weighted by Gasteiger charge is 2.32. The Morgan fingerprint density at radius 2 is 1.51 bits per heavy atom. The predicted octanol–water partition coefficient (Wildman–Crippen LogP) is 4.58. The molecule has 2 aromatic heterocycles. The Balaban J connectivity index is 2.01. The van der Waals surface area contributed by atoms with Crippen molar-refractivity contribution in [3.63, 3.8) is 0 Å². The van der Waals surface area contributed by atoms with Crippen LogP contribution < -0.4 is 20.0 Å². The van der Waals surface area contributed by atoms with Crippen LogP contribution in [-0.2, 0) is 17.2 Å². The predicted molar refractivity (Wildman–Crippen MR) is 143 cm³/mol. The number of methoxy groups -OCH3 is 1. The number of ether oxygens (including phenoxy) is 1. The monoisotopic (exact) mass is 529 g/mol. The Bertz CT molecular complexity index is 1570. The van der Waals surface area contributed by atoms with Gasteiger partial charge in [-0.2, -0.15) is 8.42 Å². The number of nitrogens with zero attached hydrogens (tertiary/aromatic N) is 3. The SMILES string of the molecule is COc1c(=O)n(C2CC2)cc2c(OS(=O)(=O)c3c(C(C)C)cc(C(C)C)cc3C(C)C)nn(C)c(=O)c12. The number of benzene rings is 1. The van der Waals surface area contributed by atoms with Gasteiger partial charge >= 0.3 is 10.1 Å². The zero-order valence-electron chi connectivity index (χ0n) is 22.7. The lowest BCUT2D eigenvalue weighted by molar-refractivity contribution is 0.406. The normalized spacial score (nSPS) is 14.2. The standard InChI is InChI=1S/C27H35N3O6S/c1-14(2)17-11-19(15(3)4)24(20(12-17)16(5)6)37(33,34)36-25-21-13-30(18-9-10-18)27(32)23(35-8)22(21)26(31)29(7)28-25/h11-16,18H,9-10H2,1-8H3. The summed E-state index contributed by atoms with van der Waals surface area (Å²) in [6.07, 6.45) is 3.07. The molecule has 10 heteroatoms. The molecular formula is C27H35N3O6S. The molecule has 1 aliphatic carbocycles. The largest absolute Gasteiger partial charge is 0.490 e. The van der Waals surface area contributed by atoms with Gasteiger partial charge in [-0.3, -0.25) is 9.59 Å². The molecule has 1 saturated carbocycles. The van der Waals surface area contributed by atoms with Crippen molar-refractivity contribution in [1.82, 2.24) is 14.3 Å². The second-order valence-corrected chi connectivity index (χ2v) is 12.1. The van der Waals surface area contributed by atoms with E-state index in [0.29, 0.717) is 11.1 Å². The Kier molecular flexibility index (Phi) is 7.00. The first-order valence-electron chi connectivity index (χ1n) is 12.6. The van der Waals surface area contributed by atoms with Crippen LogP contribution >= 0.6 is 0 Å². The van der Waals surface area contributed by atoms with E-state index < -0.39 is 21.2 Å². The highest BCUT2D eigenvalue weighted by Crippen LogP contribution is 2.39. The van der Waals surface area contributed by atoms with Crippen LogP contribution in [0, 0.1) is 0 Å². The average Bonchev–Trinajstić information content (AvgIpc) is 3.66. The Morgan fingerprint density at radius 1 is 0.946 bits per heavy atom. The Labute approximate surface area is 217 Å². The van der Waals surface area contributed by atoms with Crippen molar-refractivity contribution in [3.05, 3.63) is 55.7 Å². The number of aromatic nitrogens is 3. The van der Waals surface area contributed by atoms with E-state index in [9.17, 15) is 18.0 Å². The number of fused-ring (bicyclic) bond motifs is 1. The van der Waals surface area contributed by atoms with Crippen LogP contribution in [0.1, 0.15) is 94.9 Å². The third-order valence-electron chi connectivity index (χ3n) is 6.83. The van der Waals surface area contributed by atoms with Crippen molar-refractivity contribution in [2.45, 2.75) is 83.1 Å². The first-order chi connectivity index (χ1) is 17.3. The van der Waals surface area contributed by atoms with E-state index >= 15 is 0 Å². The van der Waals surface area contributed by atoms with Gasteiger partial charge in [0, 0.05) is 19.3 Å². The number of hydrogen-bond acceptors (Lipinski definition) is 7. The fourth-order valence-corrected chi connectivity index (χ4v) is 6.16. The minimum absolute atomic E-state index is 0.0389. The van der Waals surface area contributed by atoms with Crippen LogP contribution in [0.15, 0.2) is 32.8 Å².